The maximum Gasteiger partial charge on any atom is 0.0724 e. The molecule has 0 atom stereocenters. The first-order valence-corrected chi connectivity index (χ1v) is 15.0. The molecule has 206 valence electrons. The highest BCUT2D eigenvalue weighted by Crippen LogP contribution is 2.35. The maximum atomic E-state index is 4.87. The van der Waals surface area contributed by atoms with E-state index in [1.54, 1.807) is 0 Å². The molecule has 0 aliphatic heterocycles. The van der Waals surface area contributed by atoms with Gasteiger partial charge in [-0.3, -0.25) is 4.98 Å². The van der Waals surface area contributed by atoms with Crippen LogP contribution in [0.3, 0.4) is 0 Å². The Hall–Kier alpha value is -5.93. The zero-order valence-electron chi connectivity index (χ0n) is 23.9. The van der Waals surface area contributed by atoms with Crippen molar-refractivity contribution in [1.29, 1.82) is 0 Å². The van der Waals surface area contributed by atoms with Crippen LogP contribution in [0.5, 0.6) is 0 Å². The molecule has 9 aromatic rings. The van der Waals surface area contributed by atoms with Gasteiger partial charge in [0.1, 0.15) is 0 Å². The summed E-state index contributed by atoms with van der Waals surface area (Å²) < 4.78 is 4.68. The number of pyridine rings is 1. The van der Waals surface area contributed by atoms with Gasteiger partial charge in [-0.25, -0.2) is 0 Å². The Morgan fingerprint density at radius 2 is 0.773 bits per heavy atom. The average Bonchev–Trinajstić information content (AvgIpc) is 3.62. The van der Waals surface area contributed by atoms with E-state index >= 15 is 0 Å². The first-order chi connectivity index (χ1) is 21.8. The quantitative estimate of drug-likeness (QED) is 0.210. The molecule has 9 rings (SSSR count). The molecule has 0 aliphatic carbocycles. The van der Waals surface area contributed by atoms with Gasteiger partial charge in [0.15, 0.2) is 0 Å². The third-order valence-electron chi connectivity index (χ3n) is 8.79. The Labute approximate surface area is 254 Å². The number of hydrogen-bond acceptors (Lipinski definition) is 1. The zero-order valence-corrected chi connectivity index (χ0v) is 23.9. The van der Waals surface area contributed by atoms with Gasteiger partial charge in [-0.2, -0.15) is 0 Å². The Balaban J connectivity index is 1.10. The number of rotatable bonds is 4. The van der Waals surface area contributed by atoms with Crippen LogP contribution in [0, 0.1) is 0 Å². The average molecular weight is 562 g/mol. The molecule has 0 fully saturated rings. The molecular formula is C41H27N3. The molecule has 0 radical (unpaired) electrons. The lowest BCUT2D eigenvalue weighted by Crippen LogP contribution is -1.95. The summed E-state index contributed by atoms with van der Waals surface area (Å²) in [5, 5.41) is 4.99. The second-order valence-corrected chi connectivity index (χ2v) is 11.3. The van der Waals surface area contributed by atoms with Gasteiger partial charge in [0.05, 0.1) is 34.0 Å². The van der Waals surface area contributed by atoms with Crippen LogP contribution >= 0.6 is 0 Å². The van der Waals surface area contributed by atoms with E-state index < -0.39 is 0 Å². The fourth-order valence-corrected chi connectivity index (χ4v) is 6.72. The van der Waals surface area contributed by atoms with Gasteiger partial charge in [0.2, 0.25) is 0 Å². The first kappa shape index (κ1) is 24.6. The molecule has 3 heterocycles. The van der Waals surface area contributed by atoms with E-state index in [-0.39, 0.29) is 0 Å². The third kappa shape index (κ3) is 3.80. The van der Waals surface area contributed by atoms with Crippen molar-refractivity contribution in [2.24, 2.45) is 0 Å². The maximum absolute atomic E-state index is 4.87. The summed E-state index contributed by atoms with van der Waals surface area (Å²) in [5.41, 5.74) is 11.5. The smallest absolute Gasteiger partial charge is 0.0724 e. The minimum absolute atomic E-state index is 0.987. The Bertz CT molecular complexity index is 2410. The lowest BCUT2D eigenvalue weighted by Gasteiger charge is -2.11. The number of para-hydroxylation sites is 3. The fourth-order valence-electron chi connectivity index (χ4n) is 6.72. The normalized spacial score (nSPS) is 11.6. The van der Waals surface area contributed by atoms with E-state index in [4.69, 9.17) is 4.98 Å². The Morgan fingerprint density at radius 1 is 0.341 bits per heavy atom. The summed E-state index contributed by atoms with van der Waals surface area (Å²) in [5.74, 6) is 0. The summed E-state index contributed by atoms with van der Waals surface area (Å²) >= 11 is 0. The molecule has 3 aromatic heterocycles. The molecule has 0 bridgehead atoms. The number of aromatic nitrogens is 3. The van der Waals surface area contributed by atoms with Crippen LogP contribution in [0.25, 0.3) is 77.4 Å². The van der Waals surface area contributed by atoms with E-state index in [2.05, 4.69) is 161 Å². The fraction of sp³-hybridized carbons (Fsp3) is 0. The number of nitrogens with zero attached hydrogens (tertiary/aromatic N) is 3. The number of fused-ring (bicyclic) bond motifs is 6. The van der Waals surface area contributed by atoms with Crippen LogP contribution in [0.15, 0.2) is 164 Å². The molecule has 3 heteroatoms. The first-order valence-electron chi connectivity index (χ1n) is 15.0. The predicted octanol–water partition coefficient (Wildman–Crippen LogP) is 10.6. The van der Waals surface area contributed by atoms with Crippen molar-refractivity contribution in [3.05, 3.63) is 164 Å². The molecule has 0 saturated carbocycles. The van der Waals surface area contributed by atoms with Gasteiger partial charge in [0.25, 0.3) is 0 Å². The molecule has 0 amide bonds. The summed E-state index contributed by atoms with van der Waals surface area (Å²) in [4.78, 5) is 4.87. The van der Waals surface area contributed by atoms with Crippen LogP contribution in [0.4, 0.5) is 0 Å². The van der Waals surface area contributed by atoms with E-state index in [9.17, 15) is 0 Å². The molecule has 44 heavy (non-hydrogen) atoms. The SMILES string of the molecule is c1ccc(-c2cc3c4ccccc4n(-c4ccc(-c5ccc(-n6c7ccccc7c7ccccc76)cc5)cc4)c3cn2)cc1. The summed E-state index contributed by atoms with van der Waals surface area (Å²) in [6.45, 7) is 0. The van der Waals surface area contributed by atoms with Crippen molar-refractivity contribution in [2.45, 2.75) is 0 Å². The van der Waals surface area contributed by atoms with Gasteiger partial charge < -0.3 is 9.13 Å². The topological polar surface area (TPSA) is 22.8 Å². The molecular weight excluding hydrogens is 534 g/mol. The predicted molar refractivity (Wildman–Crippen MR) is 184 cm³/mol. The van der Waals surface area contributed by atoms with E-state index in [1.807, 2.05) is 12.3 Å². The van der Waals surface area contributed by atoms with Crippen molar-refractivity contribution in [2.75, 3.05) is 0 Å². The van der Waals surface area contributed by atoms with Crippen molar-refractivity contribution >= 4 is 43.6 Å². The third-order valence-corrected chi connectivity index (χ3v) is 8.79. The lowest BCUT2D eigenvalue weighted by molar-refractivity contribution is 1.17. The van der Waals surface area contributed by atoms with Gasteiger partial charge in [-0.15, -0.1) is 0 Å². The van der Waals surface area contributed by atoms with Gasteiger partial charge in [0, 0.05) is 38.5 Å². The molecule has 3 nitrogen and oxygen atoms in total. The minimum Gasteiger partial charge on any atom is -0.309 e. The molecule has 6 aromatic carbocycles. The van der Waals surface area contributed by atoms with Crippen LogP contribution in [0.2, 0.25) is 0 Å². The molecule has 0 saturated heterocycles. The second-order valence-electron chi connectivity index (χ2n) is 11.3. The van der Waals surface area contributed by atoms with E-state index in [0.29, 0.717) is 0 Å². The molecule has 0 unspecified atom stereocenters. The molecule has 0 N–H and O–H groups in total. The van der Waals surface area contributed by atoms with Gasteiger partial charge >= 0.3 is 0 Å². The second kappa shape index (κ2) is 9.82. The van der Waals surface area contributed by atoms with Crippen molar-refractivity contribution < 1.29 is 0 Å². The monoisotopic (exact) mass is 561 g/mol. The van der Waals surface area contributed by atoms with Gasteiger partial charge in [-0.1, -0.05) is 109 Å². The number of benzene rings is 6. The van der Waals surface area contributed by atoms with Crippen molar-refractivity contribution in [3.8, 4) is 33.8 Å². The largest absolute Gasteiger partial charge is 0.309 e. The van der Waals surface area contributed by atoms with Crippen molar-refractivity contribution in [3.63, 3.8) is 0 Å². The van der Waals surface area contributed by atoms with Crippen LogP contribution in [-0.2, 0) is 0 Å². The minimum atomic E-state index is 0.987. The zero-order chi connectivity index (χ0) is 29.0. The Morgan fingerprint density at radius 3 is 1.30 bits per heavy atom. The number of hydrogen-bond donors (Lipinski definition) is 0. The lowest BCUT2D eigenvalue weighted by atomic mass is 10.0. The van der Waals surface area contributed by atoms with Crippen LogP contribution in [-0.4, -0.2) is 14.1 Å². The van der Waals surface area contributed by atoms with E-state index in [1.165, 1.54) is 49.2 Å². The van der Waals surface area contributed by atoms with Crippen LogP contribution < -0.4 is 0 Å². The summed E-state index contributed by atoms with van der Waals surface area (Å²) in [7, 11) is 0. The van der Waals surface area contributed by atoms with Crippen molar-refractivity contribution in [1.82, 2.24) is 14.1 Å². The molecule has 0 aliphatic rings. The Kier molecular flexibility index (Phi) is 5.50. The standard InChI is InChI=1S/C41H27N3/c1-2-10-30(11-3-1)37-26-36-35-14-6-9-17-40(35)44(41(36)27-42-37)32-24-20-29(21-25-32)28-18-22-31(23-19-28)43-38-15-7-4-12-33(38)34-13-5-8-16-39(34)43/h1-27H. The summed E-state index contributed by atoms with van der Waals surface area (Å²) in [6.07, 6.45) is 2.01. The van der Waals surface area contributed by atoms with Gasteiger partial charge in [-0.05, 0) is 59.7 Å². The highest BCUT2D eigenvalue weighted by molar-refractivity contribution is 6.10. The highest BCUT2D eigenvalue weighted by atomic mass is 15.0. The summed E-state index contributed by atoms with van der Waals surface area (Å²) in [6, 6.07) is 56.3. The van der Waals surface area contributed by atoms with E-state index in [0.717, 1.165) is 28.1 Å². The molecule has 0 spiro atoms. The van der Waals surface area contributed by atoms with Crippen LogP contribution in [0.1, 0.15) is 0 Å². The highest BCUT2D eigenvalue weighted by Gasteiger charge is 2.15.